The lowest BCUT2D eigenvalue weighted by atomic mass is 9.72. The molecule has 0 saturated heterocycles. The number of rotatable bonds is 16. The predicted octanol–water partition coefficient (Wildman–Crippen LogP) is 19.3. The standard InChI is InChI=1S/C61H60F6N2/c1-7-9-41-57(3,4)45-25-33-49(34-26-45)68(55-23-15-19-43-17-11-13-21-53(43)55)51-37-29-47(30-38-51)59(60(62,63)64,61(65,66)67)48-31-39-52(40-32-48)69(56-24-16-20-44-18-12-14-22-54(44)56)50-35-27-46(28-36-50)58(5,6)42-10-8-2/h11-40H,7-10,41-42H2,1-6H3. The van der Waals surface area contributed by atoms with Gasteiger partial charge in [0.1, 0.15) is 0 Å². The molecule has 8 aromatic rings. The average Bonchev–Trinajstić information content (AvgIpc) is 3.33. The van der Waals surface area contributed by atoms with Gasteiger partial charge in [0.2, 0.25) is 5.41 Å². The van der Waals surface area contributed by atoms with Gasteiger partial charge in [-0.1, -0.05) is 189 Å². The highest BCUT2D eigenvalue weighted by atomic mass is 19.4. The van der Waals surface area contributed by atoms with Crippen molar-refractivity contribution in [2.75, 3.05) is 9.80 Å². The zero-order valence-electron chi connectivity index (χ0n) is 40.2. The van der Waals surface area contributed by atoms with E-state index in [0.717, 1.165) is 107 Å². The first kappa shape index (κ1) is 48.9. The van der Waals surface area contributed by atoms with Crippen molar-refractivity contribution in [3.05, 3.63) is 204 Å². The zero-order valence-corrected chi connectivity index (χ0v) is 40.2. The van der Waals surface area contributed by atoms with Crippen LogP contribution in [0.3, 0.4) is 0 Å². The highest BCUT2D eigenvalue weighted by molar-refractivity contribution is 6.00. The van der Waals surface area contributed by atoms with Crippen LogP contribution in [0.15, 0.2) is 182 Å². The second-order valence-corrected chi connectivity index (χ2v) is 19.6. The lowest BCUT2D eigenvalue weighted by Gasteiger charge is -2.39. The van der Waals surface area contributed by atoms with E-state index in [1.165, 1.54) is 24.3 Å². The summed E-state index contributed by atoms with van der Waals surface area (Å²) >= 11 is 0. The van der Waals surface area contributed by atoms with Crippen LogP contribution >= 0.6 is 0 Å². The molecule has 0 heterocycles. The van der Waals surface area contributed by atoms with Crippen molar-refractivity contribution in [1.29, 1.82) is 0 Å². The van der Waals surface area contributed by atoms with Gasteiger partial charge >= 0.3 is 12.4 Å². The average molecular weight is 935 g/mol. The molecule has 0 aliphatic heterocycles. The largest absolute Gasteiger partial charge is 0.411 e. The molecule has 0 bridgehead atoms. The number of unbranched alkanes of at least 4 members (excludes halogenated alkanes) is 2. The van der Waals surface area contributed by atoms with Gasteiger partial charge in [-0.25, -0.2) is 0 Å². The Morgan fingerprint density at radius 1 is 0.348 bits per heavy atom. The summed E-state index contributed by atoms with van der Waals surface area (Å²) in [5.74, 6) is 0. The summed E-state index contributed by atoms with van der Waals surface area (Å²) in [5.41, 5.74) is -0.420. The molecule has 0 amide bonds. The van der Waals surface area contributed by atoms with E-state index in [9.17, 15) is 0 Å². The molecule has 0 aliphatic carbocycles. The van der Waals surface area contributed by atoms with E-state index in [2.05, 4.69) is 65.8 Å². The number of halogens is 6. The number of hydrogen-bond acceptors (Lipinski definition) is 2. The predicted molar refractivity (Wildman–Crippen MR) is 275 cm³/mol. The molecule has 0 aliphatic rings. The summed E-state index contributed by atoms with van der Waals surface area (Å²) < 4.78 is 95.1. The number of fused-ring (bicyclic) bond motifs is 2. The summed E-state index contributed by atoms with van der Waals surface area (Å²) in [7, 11) is 0. The van der Waals surface area contributed by atoms with Crippen molar-refractivity contribution in [2.45, 2.75) is 109 Å². The maximum atomic E-state index is 15.9. The van der Waals surface area contributed by atoms with Gasteiger partial charge in [-0.05, 0) is 117 Å². The van der Waals surface area contributed by atoms with Crippen molar-refractivity contribution < 1.29 is 26.3 Å². The molecule has 0 aromatic heterocycles. The molecular weight excluding hydrogens is 875 g/mol. The van der Waals surface area contributed by atoms with Crippen molar-refractivity contribution in [3.63, 3.8) is 0 Å². The molecule has 0 unspecified atom stereocenters. The van der Waals surface area contributed by atoms with Crippen LogP contribution in [0.4, 0.5) is 60.5 Å². The van der Waals surface area contributed by atoms with Crippen LogP contribution in [0.25, 0.3) is 21.5 Å². The Bertz CT molecular complexity index is 2770. The van der Waals surface area contributed by atoms with E-state index in [-0.39, 0.29) is 10.8 Å². The van der Waals surface area contributed by atoms with E-state index in [1.54, 1.807) is 0 Å². The van der Waals surface area contributed by atoms with Crippen LogP contribution in [-0.2, 0) is 16.2 Å². The summed E-state index contributed by atoms with van der Waals surface area (Å²) in [6.45, 7) is 13.1. The molecular formula is C61H60F6N2. The minimum atomic E-state index is -5.78. The maximum absolute atomic E-state index is 15.9. The van der Waals surface area contributed by atoms with Gasteiger partial charge in [-0.2, -0.15) is 26.3 Å². The first-order chi connectivity index (χ1) is 32.9. The van der Waals surface area contributed by atoms with Crippen LogP contribution in [-0.4, -0.2) is 12.4 Å². The third-order valence-corrected chi connectivity index (χ3v) is 14.1. The quantitative estimate of drug-likeness (QED) is 0.0891. The van der Waals surface area contributed by atoms with Gasteiger partial charge in [-0.3, -0.25) is 0 Å². The Kier molecular flexibility index (Phi) is 13.8. The molecule has 0 saturated carbocycles. The van der Waals surface area contributed by atoms with Crippen LogP contribution in [0.5, 0.6) is 0 Å². The number of nitrogens with zero attached hydrogens (tertiary/aromatic N) is 2. The van der Waals surface area contributed by atoms with Crippen molar-refractivity contribution >= 4 is 55.7 Å². The Hall–Kier alpha value is -6.54. The summed E-state index contributed by atoms with van der Waals surface area (Å²) in [5, 5.41) is 3.63. The topological polar surface area (TPSA) is 6.48 Å². The molecule has 0 radical (unpaired) electrons. The molecule has 0 spiro atoms. The first-order valence-corrected chi connectivity index (χ1v) is 24.0. The number of hydrogen-bond donors (Lipinski definition) is 0. The molecule has 69 heavy (non-hydrogen) atoms. The SMILES string of the molecule is CCCCC(C)(C)c1ccc(N(c2ccc(C(c3ccc(N(c4ccc(C(C)(C)CCCC)cc4)c4cccc5ccccc45)cc3)(C(F)(F)F)C(F)(F)F)cc2)c2cccc3ccccc23)cc1. The third kappa shape index (κ3) is 9.47. The number of benzene rings is 8. The second kappa shape index (κ2) is 19.5. The smallest absolute Gasteiger partial charge is 0.310 e. The van der Waals surface area contributed by atoms with Crippen molar-refractivity contribution in [2.24, 2.45) is 0 Å². The van der Waals surface area contributed by atoms with E-state index >= 15 is 26.3 Å². The molecule has 8 aromatic carbocycles. The lowest BCUT2D eigenvalue weighted by Crippen LogP contribution is -2.54. The fourth-order valence-corrected chi connectivity index (χ4v) is 10.0. The van der Waals surface area contributed by atoms with E-state index < -0.39 is 28.9 Å². The fraction of sp³-hybridized carbons (Fsp3) is 0.279. The molecule has 356 valence electrons. The van der Waals surface area contributed by atoms with Crippen molar-refractivity contribution in [3.8, 4) is 0 Å². The molecule has 8 rings (SSSR count). The Labute approximate surface area is 403 Å². The first-order valence-electron chi connectivity index (χ1n) is 24.0. The van der Waals surface area contributed by atoms with Crippen LogP contribution in [0.2, 0.25) is 0 Å². The van der Waals surface area contributed by atoms with Gasteiger partial charge in [0.25, 0.3) is 0 Å². The fourth-order valence-electron chi connectivity index (χ4n) is 10.0. The highest BCUT2D eigenvalue weighted by Crippen LogP contribution is 2.57. The Morgan fingerprint density at radius 3 is 0.942 bits per heavy atom. The lowest BCUT2D eigenvalue weighted by molar-refractivity contribution is -0.288. The van der Waals surface area contributed by atoms with Gasteiger partial charge < -0.3 is 9.80 Å². The van der Waals surface area contributed by atoms with E-state index in [1.807, 2.05) is 119 Å². The summed E-state index contributed by atoms with van der Waals surface area (Å²) in [6.07, 6.45) is -5.29. The molecule has 2 nitrogen and oxygen atoms in total. The van der Waals surface area contributed by atoms with Crippen molar-refractivity contribution in [1.82, 2.24) is 0 Å². The Morgan fingerprint density at radius 2 is 0.638 bits per heavy atom. The van der Waals surface area contributed by atoms with Gasteiger partial charge in [0, 0.05) is 33.5 Å². The summed E-state index contributed by atoms with van der Waals surface area (Å²) in [4.78, 5) is 3.79. The monoisotopic (exact) mass is 934 g/mol. The van der Waals surface area contributed by atoms with E-state index in [4.69, 9.17) is 0 Å². The second-order valence-electron chi connectivity index (χ2n) is 19.6. The molecule has 8 heteroatoms. The minimum Gasteiger partial charge on any atom is -0.310 e. The normalized spacial score (nSPS) is 12.7. The van der Waals surface area contributed by atoms with Crippen LogP contribution in [0.1, 0.15) is 102 Å². The third-order valence-electron chi connectivity index (χ3n) is 14.1. The van der Waals surface area contributed by atoms with Crippen LogP contribution < -0.4 is 9.80 Å². The maximum Gasteiger partial charge on any atom is 0.411 e. The Balaban J connectivity index is 1.24. The minimum absolute atomic E-state index is 0.0952. The number of alkyl halides is 6. The van der Waals surface area contributed by atoms with Gasteiger partial charge in [0.05, 0.1) is 11.4 Å². The van der Waals surface area contributed by atoms with E-state index in [0.29, 0.717) is 22.7 Å². The highest BCUT2D eigenvalue weighted by Gasteiger charge is 2.72. The summed E-state index contributed by atoms with van der Waals surface area (Å²) in [6, 6.07) is 52.6. The molecule has 0 N–H and O–H groups in total. The zero-order chi connectivity index (χ0) is 49.2. The molecule has 0 atom stereocenters. The van der Waals surface area contributed by atoms with Gasteiger partial charge in [0.15, 0.2) is 0 Å². The van der Waals surface area contributed by atoms with Crippen LogP contribution in [0, 0.1) is 0 Å². The van der Waals surface area contributed by atoms with Gasteiger partial charge in [-0.15, -0.1) is 0 Å². The molecule has 0 fully saturated rings. The number of anilines is 6.